The van der Waals surface area contributed by atoms with Crippen molar-refractivity contribution in [1.29, 1.82) is 5.26 Å². The van der Waals surface area contributed by atoms with E-state index in [0.717, 1.165) is 31.4 Å². The molecule has 0 saturated carbocycles. The Morgan fingerprint density at radius 3 is 2.49 bits per heavy atom. The van der Waals surface area contributed by atoms with E-state index in [-0.39, 0.29) is 18.4 Å². The lowest BCUT2D eigenvalue weighted by molar-refractivity contribution is -0.859. The van der Waals surface area contributed by atoms with E-state index in [2.05, 4.69) is 4.99 Å². The van der Waals surface area contributed by atoms with Gasteiger partial charge in [0, 0.05) is 43.9 Å². The monoisotopic (exact) mass is 643 g/mol. The zero-order valence-electron chi connectivity index (χ0n) is 26.5. The standard InChI is InChI=1S/C32H44ClN6O6/c1-31(2,3)45-30(41)37-17-9-10-25(22-37)32(42-4,44-24-40)38-19-15-27(16-20-38)39(29(35)36-23-34)18-7-5-6-8-21-43-28-13-11-26(33)12-14-28/h11-16,19-20,24-25H,5-10,17-18,21-22H2,1-4H3,(H2,35,36)/q+1. The summed E-state index contributed by atoms with van der Waals surface area (Å²) >= 11 is 5.92. The molecule has 3 rings (SSSR count). The normalized spacial score (nSPS) is 16.7. The molecule has 0 aliphatic carbocycles. The third kappa shape index (κ3) is 10.2. The molecular weight excluding hydrogens is 600 g/mol. The first-order valence-corrected chi connectivity index (χ1v) is 15.4. The number of pyridine rings is 1. The molecule has 13 heteroatoms. The van der Waals surface area contributed by atoms with Gasteiger partial charge >= 0.3 is 12.0 Å². The third-order valence-electron chi connectivity index (χ3n) is 7.38. The van der Waals surface area contributed by atoms with Gasteiger partial charge in [-0.1, -0.05) is 24.4 Å². The number of benzene rings is 1. The van der Waals surface area contributed by atoms with Gasteiger partial charge in [-0.25, -0.2) is 4.79 Å². The maximum Gasteiger partial charge on any atom is 0.439 e. The Hall–Kier alpha value is -4.08. The van der Waals surface area contributed by atoms with Crippen molar-refractivity contribution in [2.24, 2.45) is 16.6 Å². The summed E-state index contributed by atoms with van der Waals surface area (Å²) in [6.45, 7) is 7.72. The fourth-order valence-corrected chi connectivity index (χ4v) is 5.39. The summed E-state index contributed by atoms with van der Waals surface area (Å²) in [5, 5.41) is 9.82. The van der Waals surface area contributed by atoms with Gasteiger partial charge in [-0.05, 0) is 70.7 Å². The highest BCUT2D eigenvalue weighted by Crippen LogP contribution is 2.32. The van der Waals surface area contributed by atoms with E-state index < -0.39 is 17.6 Å². The van der Waals surface area contributed by atoms with Crippen LogP contribution >= 0.6 is 11.6 Å². The van der Waals surface area contributed by atoms with Gasteiger partial charge in [0.25, 0.3) is 6.47 Å². The lowest BCUT2D eigenvalue weighted by Gasteiger charge is -2.38. The zero-order valence-corrected chi connectivity index (χ0v) is 27.2. The predicted octanol–water partition coefficient (Wildman–Crippen LogP) is 4.95. The molecule has 12 nitrogen and oxygen atoms in total. The predicted molar refractivity (Wildman–Crippen MR) is 169 cm³/mol. The maximum atomic E-state index is 12.8. The van der Waals surface area contributed by atoms with Crippen LogP contribution in [0.15, 0.2) is 53.8 Å². The topological polar surface area (TPSA) is 144 Å². The summed E-state index contributed by atoms with van der Waals surface area (Å²) in [4.78, 5) is 31.7. The number of nitriles is 1. The first-order chi connectivity index (χ1) is 21.5. The highest BCUT2D eigenvalue weighted by atomic mass is 35.5. The van der Waals surface area contributed by atoms with Gasteiger partial charge in [0.05, 0.1) is 12.3 Å². The largest absolute Gasteiger partial charge is 0.494 e. The average Bonchev–Trinajstić information content (AvgIpc) is 3.01. The molecule has 1 saturated heterocycles. The van der Waals surface area contributed by atoms with Crippen molar-refractivity contribution in [3.8, 4) is 11.9 Å². The van der Waals surface area contributed by atoms with Gasteiger partial charge in [-0.2, -0.15) is 5.26 Å². The molecule has 0 bridgehead atoms. The van der Waals surface area contributed by atoms with E-state index in [1.807, 2.05) is 32.9 Å². The van der Waals surface area contributed by atoms with Crippen LogP contribution in [0.2, 0.25) is 5.02 Å². The van der Waals surface area contributed by atoms with E-state index >= 15 is 0 Å². The van der Waals surface area contributed by atoms with E-state index in [1.54, 1.807) is 57.2 Å². The van der Waals surface area contributed by atoms with Crippen molar-refractivity contribution in [3.63, 3.8) is 0 Å². The Balaban J connectivity index is 1.67. The van der Waals surface area contributed by atoms with Crippen LogP contribution in [0, 0.1) is 17.4 Å². The number of halogens is 1. The Labute approximate surface area is 270 Å². The van der Waals surface area contributed by atoms with E-state index in [4.69, 9.17) is 41.5 Å². The second-order valence-electron chi connectivity index (χ2n) is 11.7. The summed E-state index contributed by atoms with van der Waals surface area (Å²) in [5.41, 5.74) is 6.23. The maximum absolute atomic E-state index is 12.8. The summed E-state index contributed by atoms with van der Waals surface area (Å²) in [6.07, 6.45) is 9.65. The fraction of sp³-hybridized carbons (Fsp3) is 0.531. The molecule has 2 atom stereocenters. The second kappa shape index (κ2) is 16.8. The minimum Gasteiger partial charge on any atom is -0.494 e. The number of likely N-dealkylation sites (tertiary alicyclic amines) is 1. The fourth-order valence-electron chi connectivity index (χ4n) is 5.26. The number of hydrogen-bond donors (Lipinski definition) is 1. The number of rotatable bonds is 14. The molecule has 1 fully saturated rings. The number of methoxy groups -OCH3 is 1. The number of amides is 1. The number of nitrogens with zero attached hydrogens (tertiary/aromatic N) is 5. The quantitative estimate of drug-likeness (QED) is 0.0575. The van der Waals surface area contributed by atoms with E-state index in [1.165, 1.54) is 7.11 Å². The molecule has 2 heterocycles. The van der Waals surface area contributed by atoms with Crippen molar-refractivity contribution in [1.82, 2.24) is 4.90 Å². The summed E-state index contributed by atoms with van der Waals surface area (Å²) < 4.78 is 24.5. The molecule has 1 aliphatic rings. The number of hydrogen-bond acceptors (Lipinski definition) is 8. The Morgan fingerprint density at radius 2 is 1.87 bits per heavy atom. The van der Waals surface area contributed by atoms with Crippen molar-refractivity contribution in [2.75, 3.05) is 38.3 Å². The highest BCUT2D eigenvalue weighted by Gasteiger charge is 2.53. The molecule has 45 heavy (non-hydrogen) atoms. The number of unbranched alkanes of at least 4 members (excludes halogenated alkanes) is 3. The van der Waals surface area contributed by atoms with Crippen molar-refractivity contribution >= 4 is 35.8 Å². The van der Waals surface area contributed by atoms with Gasteiger partial charge in [-0.3, -0.25) is 9.53 Å². The lowest BCUT2D eigenvalue weighted by Crippen LogP contribution is -2.66. The number of carbonyl (C=O) groups excluding carboxylic acids is 2. The van der Waals surface area contributed by atoms with Gasteiger partial charge in [0.1, 0.15) is 17.3 Å². The molecule has 1 aliphatic heterocycles. The molecule has 1 amide bonds. The lowest BCUT2D eigenvalue weighted by atomic mass is 9.93. The molecule has 2 aromatic rings. The van der Waals surface area contributed by atoms with Crippen LogP contribution in [0.5, 0.6) is 5.75 Å². The molecule has 244 valence electrons. The Morgan fingerprint density at radius 1 is 1.18 bits per heavy atom. The number of anilines is 1. The number of aromatic nitrogens is 1. The molecule has 2 unspecified atom stereocenters. The van der Waals surface area contributed by atoms with E-state index in [9.17, 15) is 9.59 Å². The van der Waals surface area contributed by atoms with Crippen LogP contribution in [0.1, 0.15) is 59.3 Å². The minimum atomic E-state index is -1.51. The third-order valence-corrected chi connectivity index (χ3v) is 7.63. The van der Waals surface area contributed by atoms with Gasteiger partial charge in [0.2, 0.25) is 12.2 Å². The highest BCUT2D eigenvalue weighted by molar-refractivity contribution is 6.30. The number of carbonyl (C=O) groups is 2. The SMILES string of the molecule is COC(OC=O)(C1CCCN(C(=O)OC(C)(C)C)C1)[n+]1ccc(N(CCCCCCOc2ccc(Cl)cc2)C(N)=NC#N)cc1. The second-order valence-corrected chi connectivity index (χ2v) is 12.2. The van der Waals surface area contributed by atoms with Gasteiger partial charge < -0.3 is 29.7 Å². The number of nitrogens with two attached hydrogens (primary N) is 1. The molecule has 2 N–H and O–H groups in total. The van der Waals surface area contributed by atoms with Gasteiger partial charge in [-0.15, -0.1) is 9.56 Å². The minimum absolute atomic E-state index is 0.0729. The van der Waals surface area contributed by atoms with Crippen LogP contribution in [-0.4, -0.2) is 62.4 Å². The zero-order chi connectivity index (χ0) is 32.9. The van der Waals surface area contributed by atoms with Crippen LogP contribution < -0.4 is 19.9 Å². The number of aliphatic imine (C=N–C) groups is 1. The number of ether oxygens (including phenoxy) is 4. The Bertz CT molecular complexity index is 1310. The molecule has 0 spiro atoms. The van der Waals surface area contributed by atoms with E-state index in [0.29, 0.717) is 49.7 Å². The molecule has 1 aromatic heterocycles. The molecule has 1 aromatic carbocycles. The Kier molecular flexibility index (Phi) is 13.2. The summed E-state index contributed by atoms with van der Waals surface area (Å²) in [6, 6.07) is 10.9. The van der Waals surface area contributed by atoms with Crippen LogP contribution in [0.3, 0.4) is 0 Å². The van der Waals surface area contributed by atoms with Crippen LogP contribution in [-0.2, 0) is 24.9 Å². The van der Waals surface area contributed by atoms with Crippen molar-refractivity contribution in [3.05, 3.63) is 53.8 Å². The molecule has 0 radical (unpaired) electrons. The van der Waals surface area contributed by atoms with Crippen LogP contribution in [0.25, 0.3) is 0 Å². The smallest absolute Gasteiger partial charge is 0.439 e. The first-order valence-electron chi connectivity index (χ1n) is 15.1. The number of guanidine groups is 1. The van der Waals surface area contributed by atoms with Crippen LogP contribution in [0.4, 0.5) is 10.5 Å². The van der Waals surface area contributed by atoms with Crippen molar-refractivity contribution in [2.45, 2.75) is 70.8 Å². The average molecular weight is 644 g/mol. The number of piperidine rings is 1. The molecular formula is C32H44ClN6O6+. The summed E-state index contributed by atoms with van der Waals surface area (Å²) in [5.74, 6) is -1.03. The van der Waals surface area contributed by atoms with Crippen molar-refractivity contribution < 1.29 is 33.1 Å². The summed E-state index contributed by atoms with van der Waals surface area (Å²) in [7, 11) is 1.46. The first kappa shape index (κ1) is 35.4. The van der Waals surface area contributed by atoms with Gasteiger partial charge in [0.15, 0.2) is 12.4 Å².